The highest BCUT2D eigenvalue weighted by Crippen LogP contribution is 2.26. The molecule has 0 N–H and O–H groups in total. The highest BCUT2D eigenvalue weighted by atomic mass is 19.4. The molecule has 6 heteroatoms. The van der Waals surface area contributed by atoms with Gasteiger partial charge in [-0.25, -0.2) is 0 Å². The van der Waals surface area contributed by atoms with Crippen molar-refractivity contribution in [3.05, 3.63) is 23.8 Å². The van der Waals surface area contributed by atoms with Gasteiger partial charge >= 0.3 is 6.18 Å². The minimum absolute atomic E-state index is 0.103. The Morgan fingerprint density at radius 1 is 1.33 bits per heavy atom. The van der Waals surface area contributed by atoms with Crippen molar-refractivity contribution in [2.24, 2.45) is 0 Å². The first-order chi connectivity index (χ1) is 8.33. The van der Waals surface area contributed by atoms with Crippen LogP contribution in [0.1, 0.15) is 23.7 Å². The Balaban J connectivity index is 2.81. The van der Waals surface area contributed by atoms with Crippen LogP contribution in [-0.2, 0) is 0 Å². The Morgan fingerprint density at radius 3 is 2.50 bits per heavy atom. The molecule has 0 heterocycles. The summed E-state index contributed by atoms with van der Waals surface area (Å²) in [5.74, 6) is 0.243. The number of Topliss-reactive ketones (excluding diaryl/α,β-unsaturated/α-hetero) is 1. The second-order valence-electron chi connectivity index (χ2n) is 3.63. The fourth-order valence-electron chi connectivity index (χ4n) is 1.32. The normalized spacial score (nSPS) is 11.2. The van der Waals surface area contributed by atoms with Gasteiger partial charge in [-0.15, -0.1) is 0 Å². The minimum atomic E-state index is -4.28. The number of ether oxygens (including phenoxy) is 2. The zero-order chi connectivity index (χ0) is 13.8. The van der Waals surface area contributed by atoms with Gasteiger partial charge < -0.3 is 9.47 Å². The molecule has 0 atom stereocenters. The molecule has 0 saturated carbocycles. The predicted molar refractivity (Wildman–Crippen MR) is 59.2 cm³/mol. The van der Waals surface area contributed by atoms with Gasteiger partial charge in [-0.05, 0) is 19.1 Å². The molecule has 3 nitrogen and oxygen atoms in total. The van der Waals surface area contributed by atoms with E-state index < -0.39 is 19.2 Å². The average Bonchev–Trinajstić information content (AvgIpc) is 2.26. The summed E-state index contributed by atoms with van der Waals surface area (Å²) in [6.45, 7) is 0.787. The van der Waals surface area contributed by atoms with Gasteiger partial charge in [-0.3, -0.25) is 4.79 Å². The Kier molecular flexibility index (Phi) is 4.58. The molecule has 0 amide bonds. The molecule has 1 aromatic carbocycles. The minimum Gasteiger partial charge on any atom is -0.497 e. The van der Waals surface area contributed by atoms with Crippen molar-refractivity contribution in [2.45, 2.75) is 19.5 Å². The Bertz CT molecular complexity index is 427. The van der Waals surface area contributed by atoms with Gasteiger partial charge in [-0.1, -0.05) is 0 Å². The topological polar surface area (TPSA) is 35.5 Å². The molecular formula is C12H13F3O3. The van der Waals surface area contributed by atoms with E-state index in [4.69, 9.17) is 9.47 Å². The SMILES string of the molecule is COc1ccc(C(C)=O)c(OCCC(F)(F)F)c1. The van der Waals surface area contributed by atoms with Crippen LogP contribution < -0.4 is 9.47 Å². The molecule has 0 saturated heterocycles. The standard InChI is InChI=1S/C12H13F3O3/c1-8(16)10-4-3-9(17-2)7-11(10)18-6-5-12(13,14)15/h3-4,7H,5-6H2,1-2H3. The van der Waals surface area contributed by atoms with E-state index in [1.807, 2.05) is 0 Å². The van der Waals surface area contributed by atoms with Gasteiger partial charge in [0.05, 0.1) is 25.7 Å². The first-order valence-electron chi connectivity index (χ1n) is 5.22. The van der Waals surface area contributed by atoms with Gasteiger partial charge in [0.15, 0.2) is 5.78 Å². The van der Waals surface area contributed by atoms with Gasteiger partial charge in [0.1, 0.15) is 11.5 Å². The van der Waals surface area contributed by atoms with E-state index in [1.165, 1.54) is 26.2 Å². The average molecular weight is 262 g/mol. The molecule has 0 aromatic heterocycles. The third-order valence-corrected chi connectivity index (χ3v) is 2.21. The summed E-state index contributed by atoms with van der Waals surface area (Å²) in [5.41, 5.74) is 0.234. The molecule has 0 spiro atoms. The second-order valence-corrected chi connectivity index (χ2v) is 3.63. The van der Waals surface area contributed by atoms with E-state index in [2.05, 4.69) is 0 Å². The summed E-state index contributed by atoms with van der Waals surface area (Å²) in [6.07, 6.45) is -5.35. The number of halogens is 3. The molecule has 100 valence electrons. The van der Waals surface area contributed by atoms with Crippen LogP contribution in [0.25, 0.3) is 0 Å². The van der Waals surface area contributed by atoms with Crippen LogP contribution in [0.4, 0.5) is 13.2 Å². The van der Waals surface area contributed by atoms with Crippen molar-refractivity contribution in [1.29, 1.82) is 0 Å². The highest BCUT2D eigenvalue weighted by Gasteiger charge is 2.27. The maximum absolute atomic E-state index is 12.0. The quantitative estimate of drug-likeness (QED) is 0.764. The number of carbonyl (C=O) groups is 1. The Labute approximate surface area is 103 Å². The van der Waals surface area contributed by atoms with Crippen molar-refractivity contribution >= 4 is 5.78 Å². The lowest BCUT2D eigenvalue weighted by Gasteiger charge is -2.12. The number of rotatable bonds is 5. The van der Waals surface area contributed by atoms with Crippen molar-refractivity contribution in [3.8, 4) is 11.5 Å². The van der Waals surface area contributed by atoms with Crippen molar-refractivity contribution in [3.63, 3.8) is 0 Å². The summed E-state index contributed by atoms with van der Waals surface area (Å²) in [6, 6.07) is 4.41. The maximum Gasteiger partial charge on any atom is 0.392 e. The molecule has 1 rings (SSSR count). The molecule has 0 bridgehead atoms. The van der Waals surface area contributed by atoms with Gasteiger partial charge in [0.2, 0.25) is 0 Å². The zero-order valence-electron chi connectivity index (χ0n) is 10.0. The predicted octanol–water partition coefficient (Wildman–Crippen LogP) is 3.23. The maximum atomic E-state index is 12.0. The van der Waals surface area contributed by atoms with Gasteiger partial charge in [0.25, 0.3) is 0 Å². The van der Waals surface area contributed by atoms with Crippen LogP contribution >= 0.6 is 0 Å². The molecule has 1 aromatic rings. The van der Waals surface area contributed by atoms with Crippen LogP contribution in [-0.4, -0.2) is 25.7 Å². The van der Waals surface area contributed by atoms with Gasteiger partial charge in [0, 0.05) is 6.07 Å². The lowest BCUT2D eigenvalue weighted by molar-refractivity contribution is -0.139. The summed E-state index contributed by atoms with van der Waals surface area (Å²) in [7, 11) is 1.42. The number of hydrogen-bond donors (Lipinski definition) is 0. The first-order valence-corrected chi connectivity index (χ1v) is 5.22. The van der Waals surface area contributed by atoms with Crippen LogP contribution in [0.3, 0.4) is 0 Å². The van der Waals surface area contributed by atoms with E-state index in [-0.39, 0.29) is 17.1 Å². The van der Waals surface area contributed by atoms with E-state index in [1.54, 1.807) is 6.07 Å². The Hall–Kier alpha value is -1.72. The highest BCUT2D eigenvalue weighted by molar-refractivity contribution is 5.97. The molecule has 0 fully saturated rings. The lowest BCUT2D eigenvalue weighted by atomic mass is 10.1. The summed E-state index contributed by atoms with van der Waals surface area (Å²) < 4.78 is 45.9. The second kappa shape index (κ2) is 5.75. The van der Waals surface area contributed by atoms with Gasteiger partial charge in [-0.2, -0.15) is 13.2 Å². The third kappa shape index (κ3) is 4.27. The van der Waals surface area contributed by atoms with Crippen LogP contribution in [0.15, 0.2) is 18.2 Å². The Morgan fingerprint density at radius 2 is 2.00 bits per heavy atom. The van der Waals surface area contributed by atoms with E-state index in [0.29, 0.717) is 5.75 Å². The van der Waals surface area contributed by atoms with Crippen molar-refractivity contribution in [2.75, 3.05) is 13.7 Å². The van der Waals surface area contributed by atoms with E-state index in [0.717, 1.165) is 0 Å². The summed E-state index contributed by atoms with van der Waals surface area (Å²) in [4.78, 5) is 11.3. The molecule has 0 aliphatic carbocycles. The summed E-state index contributed by atoms with van der Waals surface area (Å²) >= 11 is 0. The zero-order valence-corrected chi connectivity index (χ0v) is 10.0. The molecule has 18 heavy (non-hydrogen) atoms. The molecule has 0 unspecified atom stereocenters. The number of methoxy groups -OCH3 is 1. The van der Waals surface area contributed by atoms with Crippen molar-refractivity contribution < 1.29 is 27.4 Å². The van der Waals surface area contributed by atoms with Crippen molar-refractivity contribution in [1.82, 2.24) is 0 Å². The van der Waals surface area contributed by atoms with E-state index in [9.17, 15) is 18.0 Å². The molecule has 0 radical (unpaired) electrons. The van der Waals surface area contributed by atoms with Crippen LogP contribution in [0.5, 0.6) is 11.5 Å². The third-order valence-electron chi connectivity index (χ3n) is 2.21. The number of carbonyl (C=O) groups excluding carboxylic acids is 1. The van der Waals surface area contributed by atoms with Crippen LogP contribution in [0, 0.1) is 0 Å². The number of ketones is 1. The number of hydrogen-bond acceptors (Lipinski definition) is 3. The number of alkyl halides is 3. The lowest BCUT2D eigenvalue weighted by Crippen LogP contribution is -2.14. The molecular weight excluding hydrogens is 249 g/mol. The van der Waals surface area contributed by atoms with Crippen LogP contribution in [0.2, 0.25) is 0 Å². The van der Waals surface area contributed by atoms with E-state index >= 15 is 0 Å². The fraction of sp³-hybridized carbons (Fsp3) is 0.417. The summed E-state index contributed by atoms with van der Waals surface area (Å²) in [5, 5.41) is 0. The monoisotopic (exact) mass is 262 g/mol. The molecule has 0 aliphatic heterocycles. The molecule has 0 aliphatic rings. The first kappa shape index (κ1) is 14.3. The fourth-order valence-corrected chi connectivity index (χ4v) is 1.32. The number of benzene rings is 1. The largest absolute Gasteiger partial charge is 0.497 e. The smallest absolute Gasteiger partial charge is 0.392 e.